The molecule has 1 heterocycles. The lowest BCUT2D eigenvalue weighted by Gasteiger charge is -2.36. The lowest BCUT2D eigenvalue weighted by atomic mass is 9.70. The van der Waals surface area contributed by atoms with Crippen LogP contribution in [0.5, 0.6) is 0 Å². The predicted molar refractivity (Wildman–Crippen MR) is 101 cm³/mol. The highest BCUT2D eigenvalue weighted by Crippen LogP contribution is 2.44. The Hall–Kier alpha value is -1.75. The number of halogens is 3. The Balaban J connectivity index is 2.42. The molecule has 1 aliphatic carbocycles. The predicted octanol–water partition coefficient (Wildman–Crippen LogP) is 5.17. The third-order valence-electron chi connectivity index (χ3n) is 5.00. The number of carbonyl (C=O) groups is 1. The lowest BCUT2D eigenvalue weighted by molar-refractivity contribution is -0.142. The summed E-state index contributed by atoms with van der Waals surface area (Å²) in [6.07, 6.45) is -3.09. The Bertz CT molecular complexity index is 780. The number of fused-ring (bicyclic) bond motifs is 1. The van der Waals surface area contributed by atoms with Gasteiger partial charge in [-0.05, 0) is 43.1 Å². The van der Waals surface area contributed by atoms with Crippen LogP contribution in [0.25, 0.3) is 0 Å². The standard InChI is InChI=1S/C20H25F3N2O2S/c1-5-27-16(26)8-9-28-18-14(11-24)17(20(21,22)23)13-10-12(19(2,3)4)6-7-15(13)25-18/h12H,5-10H2,1-4H3/t12-/m0/s1. The van der Waals surface area contributed by atoms with E-state index >= 15 is 0 Å². The third kappa shape index (κ3) is 5.19. The highest BCUT2D eigenvalue weighted by atomic mass is 32.2. The van der Waals surface area contributed by atoms with Crippen LogP contribution in [0.2, 0.25) is 0 Å². The number of carbonyl (C=O) groups excluding carboxylic acids is 1. The van der Waals surface area contributed by atoms with Gasteiger partial charge >= 0.3 is 12.1 Å². The van der Waals surface area contributed by atoms with Crippen LogP contribution in [0, 0.1) is 22.7 Å². The molecule has 0 fully saturated rings. The minimum absolute atomic E-state index is 0.0482. The van der Waals surface area contributed by atoms with Gasteiger partial charge in [-0.15, -0.1) is 11.8 Å². The van der Waals surface area contributed by atoms with Gasteiger partial charge in [0.05, 0.1) is 24.2 Å². The van der Waals surface area contributed by atoms with Crippen molar-refractivity contribution in [3.63, 3.8) is 0 Å². The molecule has 4 nitrogen and oxygen atoms in total. The monoisotopic (exact) mass is 414 g/mol. The molecule has 28 heavy (non-hydrogen) atoms. The quantitative estimate of drug-likeness (QED) is 0.491. The Labute approximate surface area is 167 Å². The zero-order valence-corrected chi connectivity index (χ0v) is 17.4. The van der Waals surface area contributed by atoms with Gasteiger partial charge in [-0.25, -0.2) is 4.98 Å². The number of alkyl halides is 3. The van der Waals surface area contributed by atoms with Crippen molar-refractivity contribution >= 4 is 17.7 Å². The van der Waals surface area contributed by atoms with Gasteiger partial charge < -0.3 is 4.74 Å². The summed E-state index contributed by atoms with van der Waals surface area (Å²) >= 11 is 1.00. The summed E-state index contributed by atoms with van der Waals surface area (Å²) in [7, 11) is 0. The van der Waals surface area contributed by atoms with Crippen LogP contribution in [0.4, 0.5) is 13.2 Å². The van der Waals surface area contributed by atoms with Crippen molar-refractivity contribution in [3.8, 4) is 6.07 Å². The molecule has 0 amide bonds. The number of aromatic nitrogens is 1. The maximum absolute atomic E-state index is 13.9. The van der Waals surface area contributed by atoms with Gasteiger partial charge in [0.1, 0.15) is 11.1 Å². The van der Waals surface area contributed by atoms with Crippen LogP contribution < -0.4 is 0 Å². The van der Waals surface area contributed by atoms with Gasteiger partial charge in [0.25, 0.3) is 0 Å². The molecule has 2 rings (SSSR count). The highest BCUT2D eigenvalue weighted by molar-refractivity contribution is 7.99. The molecule has 0 saturated carbocycles. The minimum atomic E-state index is -4.63. The number of aryl methyl sites for hydroxylation is 1. The molecule has 1 aliphatic rings. The van der Waals surface area contributed by atoms with E-state index in [9.17, 15) is 23.2 Å². The molecular weight excluding hydrogens is 389 g/mol. The van der Waals surface area contributed by atoms with E-state index in [1.54, 1.807) is 13.0 Å². The number of esters is 1. The number of thioether (sulfide) groups is 1. The molecule has 0 aromatic carbocycles. The highest BCUT2D eigenvalue weighted by Gasteiger charge is 2.42. The summed E-state index contributed by atoms with van der Waals surface area (Å²) in [5, 5.41) is 9.54. The summed E-state index contributed by atoms with van der Waals surface area (Å²) in [5.41, 5.74) is -0.835. The van der Waals surface area contributed by atoms with Crippen LogP contribution in [0.1, 0.15) is 62.9 Å². The Morgan fingerprint density at radius 3 is 2.57 bits per heavy atom. The second-order valence-electron chi connectivity index (χ2n) is 7.91. The lowest BCUT2D eigenvalue weighted by Crippen LogP contribution is -2.30. The molecule has 0 N–H and O–H groups in total. The first-order chi connectivity index (χ1) is 13.0. The zero-order valence-electron chi connectivity index (χ0n) is 16.6. The fraction of sp³-hybridized carbons (Fsp3) is 0.650. The number of rotatable bonds is 5. The van der Waals surface area contributed by atoms with Gasteiger partial charge in [-0.1, -0.05) is 20.8 Å². The van der Waals surface area contributed by atoms with E-state index in [2.05, 4.69) is 4.98 Å². The first-order valence-corrected chi connectivity index (χ1v) is 10.3. The van der Waals surface area contributed by atoms with Crippen LogP contribution in [-0.2, 0) is 28.5 Å². The van der Waals surface area contributed by atoms with Crippen molar-refractivity contribution in [2.45, 2.75) is 64.6 Å². The molecule has 1 aromatic rings. The van der Waals surface area contributed by atoms with E-state index in [-0.39, 0.29) is 47.1 Å². The van der Waals surface area contributed by atoms with E-state index in [4.69, 9.17) is 4.74 Å². The Kier molecular flexibility index (Phi) is 7.02. The molecule has 0 spiro atoms. The topological polar surface area (TPSA) is 63.0 Å². The van der Waals surface area contributed by atoms with Crippen LogP contribution in [0.3, 0.4) is 0 Å². The molecule has 0 bridgehead atoms. The fourth-order valence-electron chi connectivity index (χ4n) is 3.46. The van der Waals surface area contributed by atoms with Crippen LogP contribution >= 0.6 is 11.8 Å². The van der Waals surface area contributed by atoms with E-state index in [1.807, 2.05) is 20.8 Å². The largest absolute Gasteiger partial charge is 0.466 e. The number of hydrogen-bond donors (Lipinski definition) is 0. The molecular formula is C20H25F3N2O2S. The maximum Gasteiger partial charge on any atom is 0.418 e. The SMILES string of the molecule is CCOC(=O)CCSc1nc2c(c(C(F)(F)F)c1C#N)C[C@@H](C(C)(C)C)CC2. The number of nitrogens with zero attached hydrogens (tertiary/aromatic N) is 2. The first-order valence-electron chi connectivity index (χ1n) is 9.30. The van der Waals surface area contributed by atoms with E-state index in [0.717, 1.165) is 18.2 Å². The van der Waals surface area contributed by atoms with Gasteiger partial charge in [0, 0.05) is 11.4 Å². The maximum atomic E-state index is 13.9. The molecule has 0 saturated heterocycles. The second-order valence-corrected chi connectivity index (χ2v) is 8.99. The molecule has 0 unspecified atom stereocenters. The molecule has 1 aromatic heterocycles. The van der Waals surface area contributed by atoms with Crippen molar-refractivity contribution in [1.29, 1.82) is 5.26 Å². The number of ether oxygens (including phenoxy) is 1. The van der Waals surface area contributed by atoms with Gasteiger partial charge in [-0.3, -0.25) is 4.79 Å². The Morgan fingerprint density at radius 2 is 2.04 bits per heavy atom. The van der Waals surface area contributed by atoms with E-state index in [0.29, 0.717) is 12.1 Å². The molecule has 0 radical (unpaired) electrons. The van der Waals surface area contributed by atoms with E-state index < -0.39 is 23.3 Å². The number of nitriles is 1. The van der Waals surface area contributed by atoms with E-state index in [1.165, 1.54) is 0 Å². The molecule has 0 aliphatic heterocycles. The fourth-order valence-corrected chi connectivity index (χ4v) is 4.39. The Morgan fingerprint density at radius 1 is 1.36 bits per heavy atom. The molecule has 8 heteroatoms. The number of hydrogen-bond acceptors (Lipinski definition) is 5. The van der Waals surface area contributed by atoms with Gasteiger partial charge in [-0.2, -0.15) is 18.4 Å². The average Bonchev–Trinajstić information content (AvgIpc) is 2.58. The average molecular weight is 414 g/mol. The molecule has 1 atom stereocenters. The summed E-state index contributed by atoms with van der Waals surface area (Å²) < 4.78 is 46.6. The van der Waals surface area contributed by atoms with Crippen molar-refractivity contribution < 1.29 is 22.7 Å². The smallest absolute Gasteiger partial charge is 0.418 e. The number of pyridine rings is 1. The molecule has 154 valence electrons. The summed E-state index contributed by atoms with van der Waals surface area (Å²) in [6.45, 7) is 8.00. The van der Waals surface area contributed by atoms with Crippen molar-refractivity contribution in [2.75, 3.05) is 12.4 Å². The van der Waals surface area contributed by atoms with Crippen LogP contribution in [0.15, 0.2) is 5.03 Å². The third-order valence-corrected chi connectivity index (χ3v) is 5.98. The van der Waals surface area contributed by atoms with Crippen molar-refractivity contribution in [1.82, 2.24) is 4.98 Å². The van der Waals surface area contributed by atoms with Crippen molar-refractivity contribution in [3.05, 3.63) is 22.4 Å². The summed E-state index contributed by atoms with van der Waals surface area (Å²) in [5.74, 6) is -0.117. The zero-order chi connectivity index (χ0) is 21.1. The van der Waals surface area contributed by atoms with Gasteiger partial charge in [0.2, 0.25) is 0 Å². The summed E-state index contributed by atoms with van der Waals surface area (Å²) in [6, 6.07) is 1.72. The second kappa shape index (κ2) is 8.73. The first kappa shape index (κ1) is 22.5. The normalized spacial score (nSPS) is 17.0. The summed E-state index contributed by atoms with van der Waals surface area (Å²) in [4.78, 5) is 15.9. The minimum Gasteiger partial charge on any atom is -0.466 e. The van der Waals surface area contributed by atoms with Crippen LogP contribution in [-0.4, -0.2) is 23.3 Å². The van der Waals surface area contributed by atoms with Gasteiger partial charge in [0.15, 0.2) is 0 Å². The van der Waals surface area contributed by atoms with Crippen molar-refractivity contribution in [2.24, 2.45) is 11.3 Å².